The van der Waals surface area contributed by atoms with Crippen LogP contribution in [0.2, 0.25) is 0 Å². The number of benzene rings is 1. The molecule has 1 aromatic rings. The maximum Gasteiger partial charge on any atom is 0.0109 e. The van der Waals surface area contributed by atoms with Crippen molar-refractivity contribution in [3.63, 3.8) is 0 Å². The van der Waals surface area contributed by atoms with Gasteiger partial charge >= 0.3 is 0 Å². The third kappa shape index (κ3) is 1.27. The summed E-state index contributed by atoms with van der Waals surface area (Å²) in [6, 6.07) is 8.78. The van der Waals surface area contributed by atoms with Gasteiger partial charge in [-0.05, 0) is 29.2 Å². The van der Waals surface area contributed by atoms with Gasteiger partial charge in [0.05, 0.1) is 0 Å². The highest BCUT2D eigenvalue weighted by Crippen LogP contribution is 2.40. The van der Waals surface area contributed by atoms with E-state index in [1.165, 1.54) is 22.6 Å². The molecule has 0 saturated carbocycles. The largest absolute Gasteiger partial charge is 0.126 e. The molecule has 1 aliphatic rings. The third-order valence-electron chi connectivity index (χ3n) is 2.60. The molecule has 0 atom stereocenters. The highest BCUT2D eigenvalue weighted by atomic mass is 32.2. The predicted molar refractivity (Wildman–Crippen MR) is 54.8 cm³/mol. The molecule has 0 amide bonds. The standard InChI is InChI=1S/C11H14S/c1-11(2)7-8-12-10-6-4-3-5-9(10)11/h3-6H,7-8H2,1-2H3. The van der Waals surface area contributed by atoms with Crippen molar-refractivity contribution in [3.05, 3.63) is 29.8 Å². The molecular weight excluding hydrogens is 164 g/mol. The van der Waals surface area contributed by atoms with Gasteiger partial charge in [0.15, 0.2) is 0 Å². The van der Waals surface area contributed by atoms with Crippen molar-refractivity contribution in [1.29, 1.82) is 0 Å². The van der Waals surface area contributed by atoms with Crippen LogP contribution in [0.3, 0.4) is 0 Å². The van der Waals surface area contributed by atoms with E-state index < -0.39 is 0 Å². The first-order valence-electron chi connectivity index (χ1n) is 4.42. The van der Waals surface area contributed by atoms with Gasteiger partial charge in [0.1, 0.15) is 0 Å². The molecule has 0 nitrogen and oxygen atoms in total. The molecule has 0 aliphatic carbocycles. The van der Waals surface area contributed by atoms with E-state index in [9.17, 15) is 0 Å². The molecule has 0 spiro atoms. The molecule has 1 aliphatic heterocycles. The van der Waals surface area contributed by atoms with E-state index in [2.05, 4.69) is 38.1 Å². The topological polar surface area (TPSA) is 0 Å². The van der Waals surface area contributed by atoms with Crippen LogP contribution in [0.4, 0.5) is 0 Å². The summed E-state index contributed by atoms with van der Waals surface area (Å²) in [4.78, 5) is 1.48. The molecule has 1 aromatic carbocycles. The van der Waals surface area contributed by atoms with Crippen molar-refractivity contribution in [2.75, 3.05) is 5.75 Å². The van der Waals surface area contributed by atoms with Gasteiger partial charge in [-0.2, -0.15) is 0 Å². The molecule has 1 heteroatoms. The van der Waals surface area contributed by atoms with Crippen LogP contribution in [0.15, 0.2) is 29.2 Å². The first-order valence-corrected chi connectivity index (χ1v) is 5.41. The summed E-state index contributed by atoms with van der Waals surface area (Å²) in [6.45, 7) is 4.68. The molecule has 0 radical (unpaired) electrons. The van der Waals surface area contributed by atoms with Crippen molar-refractivity contribution in [3.8, 4) is 0 Å². The molecule has 0 bridgehead atoms. The zero-order valence-electron chi connectivity index (χ0n) is 7.63. The SMILES string of the molecule is CC1(C)CCSc2ccccc21. The predicted octanol–water partition coefficient (Wildman–Crippen LogP) is 3.46. The maximum atomic E-state index is 2.34. The van der Waals surface area contributed by atoms with Gasteiger partial charge in [-0.1, -0.05) is 32.0 Å². The molecule has 0 unspecified atom stereocenters. The summed E-state index contributed by atoms with van der Waals surface area (Å²) < 4.78 is 0. The lowest BCUT2D eigenvalue weighted by atomic mass is 9.82. The summed E-state index contributed by atoms with van der Waals surface area (Å²) >= 11 is 1.99. The van der Waals surface area contributed by atoms with E-state index in [1.807, 2.05) is 11.8 Å². The van der Waals surface area contributed by atoms with Gasteiger partial charge in [0.2, 0.25) is 0 Å². The second kappa shape index (κ2) is 2.81. The molecule has 0 saturated heterocycles. The lowest BCUT2D eigenvalue weighted by Gasteiger charge is -2.31. The number of fused-ring (bicyclic) bond motifs is 1. The Morgan fingerprint density at radius 3 is 2.75 bits per heavy atom. The third-order valence-corrected chi connectivity index (χ3v) is 3.68. The van der Waals surface area contributed by atoms with E-state index >= 15 is 0 Å². The fraction of sp³-hybridized carbons (Fsp3) is 0.455. The molecular formula is C11H14S. The average Bonchev–Trinajstić information content (AvgIpc) is 2.04. The molecule has 0 aromatic heterocycles. The summed E-state index contributed by atoms with van der Waals surface area (Å²) in [5.41, 5.74) is 1.92. The summed E-state index contributed by atoms with van der Waals surface area (Å²) in [5.74, 6) is 1.27. The molecule has 1 heterocycles. The zero-order chi connectivity index (χ0) is 8.60. The van der Waals surface area contributed by atoms with Crippen LogP contribution >= 0.6 is 11.8 Å². The van der Waals surface area contributed by atoms with Crippen molar-refractivity contribution < 1.29 is 0 Å². The Labute approximate surface area is 78.4 Å². The second-order valence-corrected chi connectivity index (χ2v) is 5.12. The number of rotatable bonds is 0. The van der Waals surface area contributed by atoms with Crippen LogP contribution in [-0.4, -0.2) is 5.75 Å². The van der Waals surface area contributed by atoms with E-state index in [4.69, 9.17) is 0 Å². The molecule has 2 rings (SSSR count). The van der Waals surface area contributed by atoms with Crippen molar-refractivity contribution in [2.45, 2.75) is 30.6 Å². The van der Waals surface area contributed by atoms with Gasteiger partial charge in [0.25, 0.3) is 0 Å². The van der Waals surface area contributed by atoms with Crippen LogP contribution in [0.5, 0.6) is 0 Å². The van der Waals surface area contributed by atoms with Crippen LogP contribution < -0.4 is 0 Å². The smallest absolute Gasteiger partial charge is 0.0109 e. The highest BCUT2D eigenvalue weighted by molar-refractivity contribution is 7.99. The van der Waals surface area contributed by atoms with Crippen LogP contribution in [0, 0.1) is 0 Å². The van der Waals surface area contributed by atoms with Gasteiger partial charge in [0, 0.05) is 4.90 Å². The van der Waals surface area contributed by atoms with Gasteiger partial charge < -0.3 is 0 Å². The Morgan fingerprint density at radius 2 is 2.00 bits per heavy atom. The Kier molecular flexibility index (Phi) is 1.91. The fourth-order valence-electron chi connectivity index (χ4n) is 1.70. The van der Waals surface area contributed by atoms with E-state index in [-0.39, 0.29) is 0 Å². The first kappa shape index (κ1) is 8.18. The lowest BCUT2D eigenvalue weighted by molar-refractivity contribution is 0.494. The molecule has 0 N–H and O–H groups in total. The monoisotopic (exact) mass is 178 g/mol. The Balaban J connectivity index is 2.52. The van der Waals surface area contributed by atoms with Gasteiger partial charge in [-0.15, -0.1) is 11.8 Å². The van der Waals surface area contributed by atoms with Crippen molar-refractivity contribution in [1.82, 2.24) is 0 Å². The van der Waals surface area contributed by atoms with Crippen molar-refractivity contribution >= 4 is 11.8 Å². The van der Waals surface area contributed by atoms with Crippen molar-refractivity contribution in [2.24, 2.45) is 0 Å². The van der Waals surface area contributed by atoms with E-state index in [0.29, 0.717) is 5.41 Å². The summed E-state index contributed by atoms with van der Waals surface area (Å²) in [6.07, 6.45) is 1.30. The van der Waals surface area contributed by atoms with Crippen LogP contribution in [-0.2, 0) is 5.41 Å². The van der Waals surface area contributed by atoms with Gasteiger partial charge in [-0.3, -0.25) is 0 Å². The summed E-state index contributed by atoms with van der Waals surface area (Å²) in [5, 5.41) is 0. The summed E-state index contributed by atoms with van der Waals surface area (Å²) in [7, 11) is 0. The Hall–Kier alpha value is -0.430. The first-order chi connectivity index (χ1) is 5.70. The van der Waals surface area contributed by atoms with E-state index in [0.717, 1.165) is 0 Å². The molecule has 64 valence electrons. The Morgan fingerprint density at radius 1 is 1.25 bits per heavy atom. The lowest BCUT2D eigenvalue weighted by Crippen LogP contribution is -2.22. The normalized spacial score (nSPS) is 20.2. The fourth-order valence-corrected chi connectivity index (χ4v) is 3.21. The van der Waals surface area contributed by atoms with E-state index in [1.54, 1.807) is 0 Å². The number of hydrogen-bond donors (Lipinski definition) is 0. The number of hydrogen-bond acceptors (Lipinski definition) is 1. The highest BCUT2D eigenvalue weighted by Gasteiger charge is 2.26. The van der Waals surface area contributed by atoms with Gasteiger partial charge in [-0.25, -0.2) is 0 Å². The van der Waals surface area contributed by atoms with Crippen LogP contribution in [0.25, 0.3) is 0 Å². The Bertz CT molecular complexity index is 289. The minimum Gasteiger partial charge on any atom is -0.126 e. The minimum absolute atomic E-state index is 0.391. The second-order valence-electron chi connectivity index (χ2n) is 3.98. The quantitative estimate of drug-likeness (QED) is 0.586. The van der Waals surface area contributed by atoms with Crippen LogP contribution in [0.1, 0.15) is 25.8 Å². The zero-order valence-corrected chi connectivity index (χ0v) is 8.45. The molecule has 12 heavy (non-hydrogen) atoms. The molecule has 0 fully saturated rings. The maximum absolute atomic E-state index is 2.34. The number of thioether (sulfide) groups is 1. The average molecular weight is 178 g/mol. The minimum atomic E-state index is 0.391.